The molecule has 2 rings (SSSR count). The Labute approximate surface area is 134 Å². The Bertz CT molecular complexity index is 682. The minimum absolute atomic E-state index is 0.00639. The van der Waals surface area contributed by atoms with E-state index in [0.717, 1.165) is 24.5 Å². The molecule has 0 atom stereocenters. The number of hydrogen-bond donors (Lipinski definition) is 1. The lowest BCUT2D eigenvalue weighted by atomic mass is 10.3. The fourth-order valence-corrected chi connectivity index (χ4v) is 3.30. The van der Waals surface area contributed by atoms with Gasteiger partial charge in [-0.3, -0.25) is 9.69 Å². The highest BCUT2D eigenvalue weighted by Crippen LogP contribution is 2.15. The van der Waals surface area contributed by atoms with Crippen molar-refractivity contribution in [1.29, 1.82) is 0 Å². The van der Waals surface area contributed by atoms with Crippen molar-refractivity contribution in [2.45, 2.75) is 6.42 Å². The fourth-order valence-electron chi connectivity index (χ4n) is 2.42. The van der Waals surface area contributed by atoms with E-state index in [1.807, 2.05) is 0 Å². The van der Waals surface area contributed by atoms with Crippen LogP contribution in [0.3, 0.4) is 0 Å². The van der Waals surface area contributed by atoms with Crippen LogP contribution < -0.4 is 5.32 Å². The highest BCUT2D eigenvalue weighted by Gasteiger charge is 2.22. The van der Waals surface area contributed by atoms with Crippen molar-refractivity contribution in [2.24, 2.45) is 0 Å². The van der Waals surface area contributed by atoms with Gasteiger partial charge in [0.25, 0.3) is 0 Å². The van der Waals surface area contributed by atoms with Gasteiger partial charge in [0, 0.05) is 25.7 Å². The van der Waals surface area contributed by atoms with Crippen molar-refractivity contribution in [1.82, 2.24) is 9.21 Å². The maximum Gasteiger partial charge on any atom is 0.238 e. The average molecular weight is 347 g/mol. The molecule has 1 fully saturated rings. The zero-order valence-corrected chi connectivity index (χ0v) is 13.6. The smallest absolute Gasteiger partial charge is 0.238 e. The summed E-state index contributed by atoms with van der Waals surface area (Å²) in [5.74, 6) is -1.82. The van der Waals surface area contributed by atoms with Gasteiger partial charge in [0.15, 0.2) is 0 Å². The number of carbonyl (C=O) groups excluding carboxylic acids is 1. The predicted octanol–water partition coefficient (Wildman–Crippen LogP) is 0.871. The summed E-state index contributed by atoms with van der Waals surface area (Å²) in [4.78, 5) is 13.8. The van der Waals surface area contributed by atoms with Gasteiger partial charge in [0.05, 0.1) is 18.5 Å². The molecule has 1 amide bonds. The van der Waals surface area contributed by atoms with E-state index in [4.69, 9.17) is 0 Å². The molecular formula is C14H19F2N3O3S. The topological polar surface area (TPSA) is 69.7 Å². The Kier molecular flexibility index (Phi) is 5.66. The second-order valence-corrected chi connectivity index (χ2v) is 7.45. The first-order valence-corrected chi connectivity index (χ1v) is 9.03. The van der Waals surface area contributed by atoms with Gasteiger partial charge in [0.2, 0.25) is 15.9 Å². The second kappa shape index (κ2) is 7.33. The number of anilines is 1. The quantitative estimate of drug-likeness (QED) is 0.878. The molecule has 1 aromatic rings. The van der Waals surface area contributed by atoms with E-state index in [1.165, 1.54) is 4.31 Å². The molecule has 1 aromatic carbocycles. The van der Waals surface area contributed by atoms with Crippen LogP contribution in [-0.2, 0) is 14.8 Å². The van der Waals surface area contributed by atoms with E-state index in [2.05, 4.69) is 5.32 Å². The zero-order chi connectivity index (χ0) is 17.0. The van der Waals surface area contributed by atoms with Gasteiger partial charge in [-0.1, -0.05) is 0 Å². The number of rotatable bonds is 4. The summed E-state index contributed by atoms with van der Waals surface area (Å²) in [5, 5.41) is 2.33. The van der Waals surface area contributed by atoms with Crippen LogP contribution in [-0.4, -0.2) is 62.5 Å². The van der Waals surface area contributed by atoms with Crippen molar-refractivity contribution in [2.75, 3.05) is 44.3 Å². The number of carbonyl (C=O) groups is 1. The first-order valence-electron chi connectivity index (χ1n) is 7.18. The summed E-state index contributed by atoms with van der Waals surface area (Å²) in [6, 6.07) is 2.83. The summed E-state index contributed by atoms with van der Waals surface area (Å²) in [7, 11) is -3.25. The molecule has 1 N–H and O–H groups in total. The van der Waals surface area contributed by atoms with Crippen molar-refractivity contribution in [3.63, 3.8) is 0 Å². The summed E-state index contributed by atoms with van der Waals surface area (Å²) in [6.45, 7) is 1.68. The maximum absolute atomic E-state index is 13.5. The Balaban J connectivity index is 1.92. The monoisotopic (exact) mass is 347 g/mol. The normalized spacial score (nSPS) is 17.7. The Morgan fingerprint density at radius 2 is 1.96 bits per heavy atom. The molecule has 0 spiro atoms. The fraction of sp³-hybridized carbons (Fsp3) is 0.500. The minimum Gasteiger partial charge on any atom is -0.322 e. The van der Waals surface area contributed by atoms with Crippen LogP contribution in [0.4, 0.5) is 14.5 Å². The second-order valence-electron chi connectivity index (χ2n) is 5.46. The first kappa shape index (κ1) is 17.8. The molecule has 0 bridgehead atoms. The van der Waals surface area contributed by atoms with E-state index in [9.17, 15) is 22.0 Å². The molecular weight excluding hydrogens is 328 g/mol. The summed E-state index contributed by atoms with van der Waals surface area (Å²) in [6.07, 6.45) is 1.76. The third-order valence-corrected chi connectivity index (χ3v) is 4.89. The van der Waals surface area contributed by atoms with E-state index in [1.54, 1.807) is 4.90 Å². The van der Waals surface area contributed by atoms with Gasteiger partial charge in [0.1, 0.15) is 11.6 Å². The van der Waals surface area contributed by atoms with Crippen molar-refractivity contribution in [3.05, 3.63) is 29.8 Å². The van der Waals surface area contributed by atoms with E-state index in [-0.39, 0.29) is 12.2 Å². The predicted molar refractivity (Wildman–Crippen MR) is 82.5 cm³/mol. The molecule has 128 valence electrons. The number of nitrogens with one attached hydrogen (secondary N) is 1. The van der Waals surface area contributed by atoms with Crippen LogP contribution in [0.2, 0.25) is 0 Å². The molecule has 0 unspecified atom stereocenters. The number of benzene rings is 1. The van der Waals surface area contributed by atoms with E-state index in [0.29, 0.717) is 32.6 Å². The van der Waals surface area contributed by atoms with E-state index >= 15 is 0 Å². The Hall–Kier alpha value is -1.58. The molecule has 1 aliphatic rings. The molecule has 1 aliphatic heterocycles. The summed E-state index contributed by atoms with van der Waals surface area (Å²) >= 11 is 0. The largest absolute Gasteiger partial charge is 0.322 e. The van der Waals surface area contributed by atoms with Gasteiger partial charge in [-0.25, -0.2) is 21.5 Å². The maximum atomic E-state index is 13.5. The number of hydrogen-bond acceptors (Lipinski definition) is 4. The van der Waals surface area contributed by atoms with Gasteiger partial charge in [-0.15, -0.1) is 0 Å². The van der Waals surface area contributed by atoms with Crippen molar-refractivity contribution < 1.29 is 22.0 Å². The zero-order valence-electron chi connectivity index (χ0n) is 12.8. The van der Waals surface area contributed by atoms with Gasteiger partial charge < -0.3 is 5.32 Å². The Morgan fingerprint density at radius 1 is 1.22 bits per heavy atom. The first-order chi connectivity index (χ1) is 10.8. The van der Waals surface area contributed by atoms with Gasteiger partial charge in [-0.05, 0) is 25.1 Å². The summed E-state index contributed by atoms with van der Waals surface area (Å²) < 4.78 is 51.0. The van der Waals surface area contributed by atoms with Gasteiger partial charge >= 0.3 is 0 Å². The molecule has 0 radical (unpaired) electrons. The summed E-state index contributed by atoms with van der Waals surface area (Å²) in [5.41, 5.74) is -0.206. The van der Waals surface area contributed by atoms with Gasteiger partial charge in [-0.2, -0.15) is 0 Å². The number of halogens is 2. The lowest BCUT2D eigenvalue weighted by molar-refractivity contribution is -0.117. The van der Waals surface area contributed by atoms with Crippen molar-refractivity contribution >= 4 is 21.6 Å². The Morgan fingerprint density at radius 3 is 2.65 bits per heavy atom. The minimum atomic E-state index is -3.25. The van der Waals surface area contributed by atoms with Crippen LogP contribution in [0.25, 0.3) is 0 Å². The molecule has 1 saturated heterocycles. The molecule has 0 saturated carbocycles. The standard InChI is InChI=1S/C14H19F2N3O3S/c1-23(21,22)19-6-2-5-18(7-8-19)10-14(20)17-13-9-11(15)3-4-12(13)16/h3-4,9H,2,5-8,10H2,1H3,(H,17,20). The highest BCUT2D eigenvalue weighted by atomic mass is 32.2. The molecule has 23 heavy (non-hydrogen) atoms. The van der Waals surface area contributed by atoms with Crippen molar-refractivity contribution in [3.8, 4) is 0 Å². The SMILES string of the molecule is CS(=O)(=O)N1CCCN(CC(=O)Nc2cc(F)ccc2F)CC1. The van der Waals surface area contributed by atoms with Crippen LogP contribution in [0, 0.1) is 11.6 Å². The molecule has 6 nitrogen and oxygen atoms in total. The number of amides is 1. The lowest BCUT2D eigenvalue weighted by Gasteiger charge is -2.20. The highest BCUT2D eigenvalue weighted by molar-refractivity contribution is 7.88. The third-order valence-electron chi connectivity index (χ3n) is 3.59. The molecule has 0 aromatic heterocycles. The van der Waals surface area contributed by atoms with E-state index < -0.39 is 27.6 Å². The van der Waals surface area contributed by atoms with Crippen LogP contribution >= 0.6 is 0 Å². The molecule has 1 heterocycles. The molecule has 9 heteroatoms. The number of nitrogens with zero attached hydrogens (tertiary/aromatic N) is 2. The third kappa shape index (κ3) is 5.22. The van der Waals surface area contributed by atoms with Crippen LogP contribution in [0.5, 0.6) is 0 Å². The average Bonchev–Trinajstić information content (AvgIpc) is 2.68. The lowest BCUT2D eigenvalue weighted by Crippen LogP contribution is -2.37. The van der Waals surface area contributed by atoms with Crippen LogP contribution in [0.1, 0.15) is 6.42 Å². The van der Waals surface area contributed by atoms with Crippen LogP contribution in [0.15, 0.2) is 18.2 Å². The molecule has 0 aliphatic carbocycles. The number of sulfonamides is 1.